The van der Waals surface area contributed by atoms with Gasteiger partial charge in [-0.15, -0.1) is 0 Å². The molecule has 0 saturated carbocycles. The van der Waals surface area contributed by atoms with Crippen LogP contribution in [0.1, 0.15) is 0 Å². The molecule has 0 bridgehead atoms. The van der Waals surface area contributed by atoms with Gasteiger partial charge < -0.3 is 4.42 Å². The molecule has 0 radical (unpaired) electrons. The van der Waals surface area contributed by atoms with Gasteiger partial charge >= 0.3 is 0 Å². The van der Waals surface area contributed by atoms with Gasteiger partial charge in [-0.3, -0.25) is 9.97 Å². The second-order valence-corrected chi connectivity index (χ2v) is 16.0. The number of fused-ring (bicyclic) bond motifs is 12. The fraction of sp³-hybridized carbons (Fsp3) is 0. The Balaban J connectivity index is 0.964. The van der Waals surface area contributed by atoms with E-state index in [0.29, 0.717) is 0 Å². The molecule has 0 unspecified atom stereocenters. The molecule has 0 N–H and O–H groups in total. The van der Waals surface area contributed by atoms with E-state index in [1.54, 1.807) is 12.4 Å². The Labute approximate surface area is 350 Å². The maximum absolute atomic E-state index is 6.52. The number of aromatic nitrogens is 2. The summed E-state index contributed by atoms with van der Waals surface area (Å²) in [6.07, 6.45) is 3.58. The molecule has 2 heterocycles. The summed E-state index contributed by atoms with van der Waals surface area (Å²) >= 11 is 0. The van der Waals surface area contributed by atoms with Crippen LogP contribution in [0.15, 0.2) is 211 Å². The first-order valence-corrected chi connectivity index (χ1v) is 20.8. The van der Waals surface area contributed by atoms with Crippen molar-refractivity contribution in [2.75, 3.05) is 0 Å². The van der Waals surface area contributed by atoms with Crippen molar-refractivity contribution in [3.63, 3.8) is 0 Å². The summed E-state index contributed by atoms with van der Waals surface area (Å²) in [5.74, 6) is 0. The molecule has 282 valence electrons. The molecule has 3 heteroatoms. The molecule has 2 aromatic heterocycles. The molecule has 11 aromatic carbocycles. The van der Waals surface area contributed by atoms with E-state index in [2.05, 4.69) is 188 Å². The number of hydrogen-bond acceptors (Lipinski definition) is 3. The fourth-order valence-electron chi connectivity index (χ4n) is 10.1. The lowest BCUT2D eigenvalue weighted by molar-refractivity contribution is 0.670. The SMILES string of the molecule is c1ccc2c(c1)oc1c(-c3cccc4c(-c5cccc6c(-c7cccc8c(-c9ccc%10c%11ccccc%11c%11nccnc%11c%10c9)cccc78)cccc56)cccc34)cccc12. The van der Waals surface area contributed by atoms with Crippen LogP contribution < -0.4 is 0 Å². The minimum Gasteiger partial charge on any atom is -0.455 e. The van der Waals surface area contributed by atoms with Crippen LogP contribution in [0, 0.1) is 0 Å². The van der Waals surface area contributed by atoms with Crippen molar-refractivity contribution >= 4 is 86.8 Å². The van der Waals surface area contributed by atoms with Crippen molar-refractivity contribution in [3.8, 4) is 44.5 Å². The first-order chi connectivity index (χ1) is 30.3. The van der Waals surface area contributed by atoms with Gasteiger partial charge in [0.1, 0.15) is 11.2 Å². The van der Waals surface area contributed by atoms with Crippen LogP contribution in [0.25, 0.3) is 131 Å². The van der Waals surface area contributed by atoms with Crippen molar-refractivity contribution in [1.29, 1.82) is 0 Å². The van der Waals surface area contributed by atoms with Gasteiger partial charge in [0.25, 0.3) is 0 Å². The minimum atomic E-state index is 0.909. The minimum absolute atomic E-state index is 0.909. The number of hydrogen-bond donors (Lipinski definition) is 0. The molecule has 0 aliphatic rings. The lowest BCUT2D eigenvalue weighted by Crippen LogP contribution is -1.90. The third-order valence-electron chi connectivity index (χ3n) is 12.8. The van der Waals surface area contributed by atoms with Gasteiger partial charge in [-0.2, -0.15) is 0 Å². The van der Waals surface area contributed by atoms with Crippen LogP contribution >= 0.6 is 0 Å². The lowest BCUT2D eigenvalue weighted by Gasteiger charge is -2.16. The summed E-state index contributed by atoms with van der Waals surface area (Å²) in [5, 5.41) is 14.2. The topological polar surface area (TPSA) is 38.9 Å². The standard InChI is InChI=1S/C58H34N2O/c1-2-14-51-47(12-1)49-31-30-35(34-54(49)57-56(51)59-32-33-60-57)36-15-5-17-38-37(36)16-6-18-39(38)40-19-7-21-42-41(40)20-8-22-43(42)44-23-9-25-46-45(44)24-10-26-48(46)52-27-11-28-53-50-13-3-4-29-55(50)61-58(52)53/h1-34H. The molecule has 0 fully saturated rings. The molecule has 3 nitrogen and oxygen atoms in total. The second-order valence-electron chi connectivity index (χ2n) is 16.0. The zero-order valence-corrected chi connectivity index (χ0v) is 32.9. The van der Waals surface area contributed by atoms with Crippen LogP contribution in [0.4, 0.5) is 0 Å². The molecule has 0 spiro atoms. The lowest BCUT2D eigenvalue weighted by atomic mass is 9.87. The quantitative estimate of drug-likeness (QED) is 0.167. The Morgan fingerprint density at radius 1 is 0.262 bits per heavy atom. The maximum Gasteiger partial charge on any atom is 0.143 e. The monoisotopic (exact) mass is 774 g/mol. The van der Waals surface area contributed by atoms with Gasteiger partial charge in [-0.25, -0.2) is 0 Å². The largest absolute Gasteiger partial charge is 0.455 e. The summed E-state index contributed by atoms with van der Waals surface area (Å²) < 4.78 is 6.52. The third kappa shape index (κ3) is 5.04. The maximum atomic E-state index is 6.52. The average molecular weight is 775 g/mol. The van der Waals surface area contributed by atoms with Crippen molar-refractivity contribution < 1.29 is 4.42 Å². The zero-order chi connectivity index (χ0) is 40.0. The molecular weight excluding hydrogens is 741 g/mol. The molecule has 0 atom stereocenters. The summed E-state index contributed by atoms with van der Waals surface area (Å²) in [7, 11) is 0. The highest BCUT2D eigenvalue weighted by molar-refractivity contribution is 6.24. The van der Waals surface area contributed by atoms with E-state index in [9.17, 15) is 0 Å². The Bertz CT molecular complexity index is 3920. The summed E-state index contributed by atoms with van der Waals surface area (Å²) in [6, 6.07) is 70.4. The Kier molecular flexibility index (Phi) is 7.31. The highest BCUT2D eigenvalue weighted by Crippen LogP contribution is 2.44. The number of furan rings is 1. The predicted octanol–water partition coefficient (Wildman–Crippen LogP) is 16.0. The molecule has 0 aliphatic carbocycles. The van der Waals surface area contributed by atoms with E-state index in [4.69, 9.17) is 14.4 Å². The third-order valence-corrected chi connectivity index (χ3v) is 12.8. The van der Waals surface area contributed by atoms with Crippen molar-refractivity contribution in [2.45, 2.75) is 0 Å². The van der Waals surface area contributed by atoms with Gasteiger partial charge in [-0.05, 0) is 94.2 Å². The highest BCUT2D eigenvalue weighted by atomic mass is 16.3. The molecule has 0 aliphatic heterocycles. The van der Waals surface area contributed by atoms with Crippen molar-refractivity contribution in [2.24, 2.45) is 0 Å². The Morgan fingerprint density at radius 3 is 1.23 bits per heavy atom. The Morgan fingerprint density at radius 2 is 0.656 bits per heavy atom. The second kappa shape index (κ2) is 13.2. The fourth-order valence-corrected chi connectivity index (χ4v) is 10.1. The van der Waals surface area contributed by atoms with E-state index < -0.39 is 0 Å². The zero-order valence-electron chi connectivity index (χ0n) is 32.9. The number of nitrogens with zero attached hydrogens (tertiary/aromatic N) is 2. The summed E-state index contributed by atoms with van der Waals surface area (Å²) in [4.78, 5) is 9.64. The first-order valence-electron chi connectivity index (χ1n) is 20.8. The molecular formula is C58H34N2O. The van der Waals surface area contributed by atoms with Gasteiger partial charge in [-0.1, -0.05) is 182 Å². The number of para-hydroxylation sites is 2. The normalized spacial score (nSPS) is 11.9. The van der Waals surface area contributed by atoms with E-state index in [1.165, 1.54) is 70.9 Å². The van der Waals surface area contributed by atoms with Crippen LogP contribution in [-0.2, 0) is 0 Å². The molecule has 13 aromatic rings. The molecule has 13 rings (SSSR count). The van der Waals surface area contributed by atoms with Gasteiger partial charge in [0, 0.05) is 39.5 Å². The van der Waals surface area contributed by atoms with Gasteiger partial charge in [0.2, 0.25) is 0 Å². The van der Waals surface area contributed by atoms with Crippen LogP contribution in [-0.4, -0.2) is 9.97 Å². The molecule has 61 heavy (non-hydrogen) atoms. The van der Waals surface area contributed by atoms with Crippen LogP contribution in [0.5, 0.6) is 0 Å². The van der Waals surface area contributed by atoms with E-state index in [0.717, 1.165) is 60.4 Å². The molecule has 0 amide bonds. The van der Waals surface area contributed by atoms with E-state index in [-0.39, 0.29) is 0 Å². The summed E-state index contributed by atoms with van der Waals surface area (Å²) in [6.45, 7) is 0. The Hall–Kier alpha value is -8.14. The van der Waals surface area contributed by atoms with Crippen molar-refractivity contribution in [1.82, 2.24) is 9.97 Å². The van der Waals surface area contributed by atoms with E-state index in [1.807, 2.05) is 6.07 Å². The van der Waals surface area contributed by atoms with Crippen molar-refractivity contribution in [3.05, 3.63) is 207 Å². The smallest absolute Gasteiger partial charge is 0.143 e. The number of benzene rings is 11. The number of rotatable bonds is 4. The summed E-state index contributed by atoms with van der Waals surface area (Å²) in [5.41, 5.74) is 13.2. The predicted molar refractivity (Wildman–Crippen MR) is 256 cm³/mol. The highest BCUT2D eigenvalue weighted by Gasteiger charge is 2.18. The molecule has 0 saturated heterocycles. The van der Waals surface area contributed by atoms with Gasteiger partial charge in [0.05, 0.1) is 11.0 Å². The van der Waals surface area contributed by atoms with Crippen LogP contribution in [0.2, 0.25) is 0 Å². The van der Waals surface area contributed by atoms with Crippen LogP contribution in [0.3, 0.4) is 0 Å². The van der Waals surface area contributed by atoms with Gasteiger partial charge in [0.15, 0.2) is 0 Å². The first kappa shape index (κ1) is 33.8. The average Bonchev–Trinajstić information content (AvgIpc) is 3.72. The van der Waals surface area contributed by atoms with E-state index >= 15 is 0 Å².